The van der Waals surface area contributed by atoms with Crippen molar-refractivity contribution in [2.24, 2.45) is 0 Å². The standard InChI is InChI=1S/C16H10BrClF2N2/c17-10-7-22-14(6-12(10)19)21-15-13(20)5-9(16(15)22)8-3-1-2-4-11(8)18/h1-4,6-7,9,13H,5H2. The van der Waals surface area contributed by atoms with Crippen LogP contribution < -0.4 is 0 Å². The van der Waals surface area contributed by atoms with Gasteiger partial charge in [0.25, 0.3) is 0 Å². The van der Waals surface area contributed by atoms with Crippen LogP contribution in [-0.4, -0.2) is 9.38 Å². The largest absolute Gasteiger partial charge is 0.302 e. The number of hydrogen-bond acceptors (Lipinski definition) is 1. The van der Waals surface area contributed by atoms with Gasteiger partial charge in [-0.15, -0.1) is 0 Å². The fourth-order valence-electron chi connectivity index (χ4n) is 3.12. The van der Waals surface area contributed by atoms with Gasteiger partial charge in [-0.05, 0) is 34.0 Å². The van der Waals surface area contributed by atoms with Crippen LogP contribution in [0.25, 0.3) is 5.65 Å². The van der Waals surface area contributed by atoms with Crippen molar-refractivity contribution in [3.05, 3.63) is 68.8 Å². The average molecular weight is 384 g/mol. The summed E-state index contributed by atoms with van der Waals surface area (Å²) in [7, 11) is 0. The molecule has 6 heteroatoms. The highest BCUT2D eigenvalue weighted by molar-refractivity contribution is 9.10. The molecule has 2 heterocycles. The SMILES string of the molecule is Fc1cc2nc3c(n2cc1Br)C(c1ccccc1Cl)CC3F. The van der Waals surface area contributed by atoms with E-state index in [1.54, 1.807) is 16.7 Å². The van der Waals surface area contributed by atoms with Crippen LogP contribution in [0.5, 0.6) is 0 Å². The molecule has 0 amide bonds. The lowest BCUT2D eigenvalue weighted by atomic mass is 9.96. The van der Waals surface area contributed by atoms with E-state index in [0.29, 0.717) is 27.3 Å². The van der Waals surface area contributed by atoms with Gasteiger partial charge in [0.05, 0.1) is 15.9 Å². The first-order valence-electron chi connectivity index (χ1n) is 6.81. The Balaban J connectivity index is 1.98. The number of aromatic nitrogens is 2. The number of imidazole rings is 1. The van der Waals surface area contributed by atoms with Crippen molar-refractivity contribution in [3.63, 3.8) is 0 Å². The molecule has 2 unspecified atom stereocenters. The van der Waals surface area contributed by atoms with Crippen molar-refractivity contribution in [2.45, 2.75) is 18.5 Å². The van der Waals surface area contributed by atoms with E-state index in [2.05, 4.69) is 20.9 Å². The van der Waals surface area contributed by atoms with Crippen LogP contribution in [0.4, 0.5) is 8.78 Å². The second-order valence-corrected chi connectivity index (χ2v) is 6.62. The number of pyridine rings is 1. The molecular formula is C16H10BrClF2N2. The molecule has 4 rings (SSSR count). The molecule has 1 aliphatic rings. The molecule has 0 saturated heterocycles. The number of alkyl halides is 1. The van der Waals surface area contributed by atoms with Crippen LogP contribution in [0, 0.1) is 5.82 Å². The quantitative estimate of drug-likeness (QED) is 0.547. The van der Waals surface area contributed by atoms with E-state index in [4.69, 9.17) is 11.6 Å². The molecular weight excluding hydrogens is 374 g/mol. The molecule has 1 aromatic carbocycles. The van der Waals surface area contributed by atoms with Crippen molar-refractivity contribution < 1.29 is 8.78 Å². The predicted octanol–water partition coefficient (Wildman–Crippen LogP) is 5.44. The van der Waals surface area contributed by atoms with Gasteiger partial charge in [-0.1, -0.05) is 29.8 Å². The Morgan fingerprint density at radius 3 is 2.86 bits per heavy atom. The van der Waals surface area contributed by atoms with Gasteiger partial charge in [-0.3, -0.25) is 0 Å². The number of rotatable bonds is 1. The van der Waals surface area contributed by atoms with Gasteiger partial charge >= 0.3 is 0 Å². The van der Waals surface area contributed by atoms with Gasteiger partial charge < -0.3 is 4.40 Å². The van der Waals surface area contributed by atoms with Crippen LogP contribution in [0.3, 0.4) is 0 Å². The minimum Gasteiger partial charge on any atom is -0.302 e. The maximum atomic E-state index is 14.4. The predicted molar refractivity (Wildman–Crippen MR) is 84.6 cm³/mol. The van der Waals surface area contributed by atoms with Crippen LogP contribution in [0.15, 0.2) is 41.0 Å². The highest BCUT2D eigenvalue weighted by atomic mass is 79.9. The summed E-state index contributed by atoms with van der Waals surface area (Å²) in [5, 5.41) is 0.601. The van der Waals surface area contributed by atoms with Crippen LogP contribution in [0.2, 0.25) is 5.02 Å². The lowest BCUT2D eigenvalue weighted by molar-refractivity contribution is 0.330. The molecule has 0 radical (unpaired) electrons. The zero-order valence-electron chi connectivity index (χ0n) is 11.2. The zero-order valence-corrected chi connectivity index (χ0v) is 13.6. The fraction of sp³-hybridized carbons (Fsp3) is 0.188. The summed E-state index contributed by atoms with van der Waals surface area (Å²) >= 11 is 9.44. The highest BCUT2D eigenvalue weighted by Crippen LogP contribution is 2.47. The lowest BCUT2D eigenvalue weighted by Gasteiger charge is -2.14. The van der Waals surface area contributed by atoms with Gasteiger partial charge in [0.1, 0.15) is 17.6 Å². The van der Waals surface area contributed by atoms with Crippen molar-refractivity contribution >= 4 is 33.2 Å². The van der Waals surface area contributed by atoms with Crippen LogP contribution in [0.1, 0.15) is 35.5 Å². The van der Waals surface area contributed by atoms with E-state index in [-0.39, 0.29) is 5.92 Å². The normalized spacial score (nSPS) is 20.5. The van der Waals surface area contributed by atoms with Crippen LogP contribution >= 0.6 is 27.5 Å². The van der Waals surface area contributed by atoms with Gasteiger partial charge in [-0.25, -0.2) is 13.8 Å². The number of benzene rings is 1. The molecule has 1 aliphatic carbocycles. The molecule has 0 bridgehead atoms. The van der Waals surface area contributed by atoms with Crippen molar-refractivity contribution in [3.8, 4) is 0 Å². The smallest absolute Gasteiger partial charge is 0.145 e. The Labute approximate surface area is 138 Å². The first kappa shape index (κ1) is 14.2. The van der Waals surface area contributed by atoms with Crippen molar-refractivity contribution in [1.82, 2.24) is 9.38 Å². The fourth-order valence-corrected chi connectivity index (χ4v) is 3.70. The Bertz CT molecular complexity index is 893. The van der Waals surface area contributed by atoms with Crippen LogP contribution in [-0.2, 0) is 0 Å². The molecule has 3 aromatic rings. The Hall–Kier alpha value is -1.46. The average Bonchev–Trinajstić information content (AvgIpc) is 2.99. The molecule has 22 heavy (non-hydrogen) atoms. The van der Waals surface area contributed by atoms with Crippen molar-refractivity contribution in [2.75, 3.05) is 0 Å². The topological polar surface area (TPSA) is 17.3 Å². The molecule has 2 nitrogen and oxygen atoms in total. The second kappa shape index (κ2) is 5.03. The summed E-state index contributed by atoms with van der Waals surface area (Å²) in [5.74, 6) is -0.605. The number of hydrogen-bond donors (Lipinski definition) is 0. The Morgan fingerprint density at radius 2 is 2.09 bits per heavy atom. The number of halogens is 4. The van der Waals surface area contributed by atoms with E-state index >= 15 is 0 Å². The summed E-state index contributed by atoms with van der Waals surface area (Å²) in [6.45, 7) is 0. The van der Waals surface area contributed by atoms with E-state index in [0.717, 1.165) is 11.3 Å². The van der Waals surface area contributed by atoms with E-state index in [1.165, 1.54) is 6.07 Å². The summed E-state index contributed by atoms with van der Waals surface area (Å²) in [5.41, 5.74) is 2.40. The minimum absolute atomic E-state index is 0.189. The highest BCUT2D eigenvalue weighted by Gasteiger charge is 2.37. The second-order valence-electron chi connectivity index (χ2n) is 5.36. The summed E-state index contributed by atoms with van der Waals surface area (Å²) in [6.07, 6.45) is 0.732. The van der Waals surface area contributed by atoms with E-state index in [1.807, 2.05) is 18.2 Å². The molecule has 112 valence electrons. The zero-order chi connectivity index (χ0) is 15.4. The van der Waals surface area contributed by atoms with Crippen molar-refractivity contribution in [1.29, 1.82) is 0 Å². The monoisotopic (exact) mass is 382 g/mol. The number of fused-ring (bicyclic) bond motifs is 3. The third-order valence-electron chi connectivity index (χ3n) is 4.08. The Kier molecular flexibility index (Phi) is 3.24. The summed E-state index contributed by atoms with van der Waals surface area (Å²) in [4.78, 5) is 4.27. The third-order valence-corrected chi connectivity index (χ3v) is 5.01. The first-order chi connectivity index (χ1) is 10.6. The maximum absolute atomic E-state index is 14.4. The number of nitrogens with zero attached hydrogens (tertiary/aromatic N) is 2. The Morgan fingerprint density at radius 1 is 1.32 bits per heavy atom. The molecule has 2 aromatic heterocycles. The molecule has 2 atom stereocenters. The van der Waals surface area contributed by atoms with E-state index < -0.39 is 12.0 Å². The van der Waals surface area contributed by atoms with Gasteiger partial charge in [-0.2, -0.15) is 0 Å². The molecule has 0 saturated carbocycles. The molecule has 0 fully saturated rings. The lowest BCUT2D eigenvalue weighted by Crippen LogP contribution is -2.02. The van der Waals surface area contributed by atoms with Gasteiger partial charge in [0, 0.05) is 23.2 Å². The minimum atomic E-state index is -1.17. The van der Waals surface area contributed by atoms with E-state index in [9.17, 15) is 8.78 Å². The molecule has 0 aliphatic heterocycles. The summed E-state index contributed by atoms with van der Waals surface area (Å²) in [6, 6.07) is 8.72. The van der Waals surface area contributed by atoms with Gasteiger partial charge in [0.2, 0.25) is 0 Å². The molecule has 0 N–H and O–H groups in total. The third kappa shape index (κ3) is 1.99. The molecule has 0 spiro atoms. The summed E-state index contributed by atoms with van der Waals surface area (Å²) < 4.78 is 30.1. The maximum Gasteiger partial charge on any atom is 0.145 e. The first-order valence-corrected chi connectivity index (χ1v) is 7.98. The van der Waals surface area contributed by atoms with Gasteiger partial charge in [0.15, 0.2) is 0 Å².